The first-order valence-electron chi connectivity index (χ1n) is 6.24. The summed E-state index contributed by atoms with van der Waals surface area (Å²) in [6.07, 6.45) is 5.96. The molecule has 3 heterocycles. The van der Waals surface area contributed by atoms with Crippen molar-refractivity contribution in [2.45, 2.75) is 44.3 Å². The molecule has 16 heavy (non-hydrogen) atoms. The van der Waals surface area contributed by atoms with E-state index in [4.69, 9.17) is 0 Å². The summed E-state index contributed by atoms with van der Waals surface area (Å²) in [5, 5.41) is 7.04. The number of fused-ring (bicyclic) bond motifs is 1. The molecule has 3 nitrogen and oxygen atoms in total. The quantitative estimate of drug-likeness (QED) is 0.872. The highest BCUT2D eigenvalue weighted by Crippen LogP contribution is 2.29. The Morgan fingerprint density at radius 1 is 1.50 bits per heavy atom. The van der Waals surface area contributed by atoms with Crippen molar-refractivity contribution >= 4 is 11.3 Å². The molecule has 1 aromatic heterocycles. The van der Waals surface area contributed by atoms with E-state index in [0.29, 0.717) is 12.1 Å². The maximum absolute atomic E-state index is 4.39. The van der Waals surface area contributed by atoms with Gasteiger partial charge in [-0.15, -0.1) is 11.3 Å². The number of hydrogen-bond donors (Lipinski definition) is 1. The molecule has 0 radical (unpaired) electrons. The molecule has 2 fully saturated rings. The van der Waals surface area contributed by atoms with E-state index in [0.717, 1.165) is 6.04 Å². The molecule has 3 rings (SSSR count). The van der Waals surface area contributed by atoms with Crippen molar-refractivity contribution in [2.75, 3.05) is 13.1 Å². The lowest BCUT2D eigenvalue weighted by molar-refractivity contribution is 0.291. The first-order chi connectivity index (χ1) is 7.84. The summed E-state index contributed by atoms with van der Waals surface area (Å²) >= 11 is 1.75. The van der Waals surface area contributed by atoms with E-state index in [1.54, 1.807) is 11.3 Å². The van der Waals surface area contributed by atoms with Gasteiger partial charge in [0.15, 0.2) is 0 Å². The molecule has 0 aliphatic carbocycles. The molecule has 1 aromatic rings. The highest BCUT2D eigenvalue weighted by atomic mass is 32.1. The van der Waals surface area contributed by atoms with Crippen LogP contribution in [-0.4, -0.2) is 35.1 Å². The molecule has 1 N–H and O–H groups in total. The Labute approximate surface area is 101 Å². The van der Waals surface area contributed by atoms with Gasteiger partial charge in [-0.2, -0.15) is 0 Å². The van der Waals surface area contributed by atoms with E-state index in [1.807, 2.05) is 6.20 Å². The molecular weight excluding hydrogens is 218 g/mol. The summed E-state index contributed by atoms with van der Waals surface area (Å²) in [5.74, 6) is 0. The number of thiazole rings is 1. The molecule has 0 bridgehead atoms. The monoisotopic (exact) mass is 237 g/mol. The van der Waals surface area contributed by atoms with Gasteiger partial charge in [0, 0.05) is 30.2 Å². The van der Waals surface area contributed by atoms with Crippen LogP contribution in [0.15, 0.2) is 11.6 Å². The van der Waals surface area contributed by atoms with Crippen molar-refractivity contribution in [2.24, 2.45) is 0 Å². The zero-order valence-corrected chi connectivity index (χ0v) is 10.5. The highest BCUT2D eigenvalue weighted by molar-refractivity contribution is 7.09. The lowest BCUT2D eigenvalue weighted by atomic mass is 10.1. The smallest absolute Gasteiger partial charge is 0.109 e. The van der Waals surface area contributed by atoms with E-state index in [9.17, 15) is 0 Å². The number of nitrogens with zero attached hydrogens (tertiary/aromatic N) is 2. The van der Waals surface area contributed by atoms with Crippen LogP contribution < -0.4 is 5.32 Å². The van der Waals surface area contributed by atoms with Crippen molar-refractivity contribution in [3.05, 3.63) is 16.6 Å². The van der Waals surface area contributed by atoms with Crippen molar-refractivity contribution in [3.8, 4) is 0 Å². The predicted molar refractivity (Wildman–Crippen MR) is 66.7 cm³/mol. The van der Waals surface area contributed by atoms with Crippen LogP contribution >= 0.6 is 11.3 Å². The zero-order valence-electron chi connectivity index (χ0n) is 9.72. The Bertz CT molecular complexity index is 338. The Hall–Kier alpha value is -0.450. The Kier molecular flexibility index (Phi) is 2.96. The van der Waals surface area contributed by atoms with Gasteiger partial charge in [0.1, 0.15) is 5.01 Å². The van der Waals surface area contributed by atoms with Crippen LogP contribution in [0.5, 0.6) is 0 Å². The minimum atomic E-state index is 0.408. The van der Waals surface area contributed by atoms with E-state index in [1.165, 1.54) is 37.4 Å². The van der Waals surface area contributed by atoms with Crippen molar-refractivity contribution in [3.63, 3.8) is 0 Å². The maximum atomic E-state index is 4.39. The second-order valence-corrected chi connectivity index (χ2v) is 5.83. The third-order valence-electron chi connectivity index (χ3n) is 3.89. The topological polar surface area (TPSA) is 28.2 Å². The minimum Gasteiger partial charge on any atom is -0.304 e. The molecular formula is C12H19N3S. The van der Waals surface area contributed by atoms with Gasteiger partial charge in [-0.3, -0.25) is 4.90 Å². The van der Waals surface area contributed by atoms with Gasteiger partial charge in [0.05, 0.1) is 6.04 Å². The molecule has 0 spiro atoms. The predicted octanol–water partition coefficient (Wildman–Crippen LogP) is 2.03. The summed E-state index contributed by atoms with van der Waals surface area (Å²) in [6, 6.07) is 1.88. The Morgan fingerprint density at radius 2 is 2.44 bits per heavy atom. The van der Waals surface area contributed by atoms with Gasteiger partial charge in [0.2, 0.25) is 0 Å². The fourth-order valence-corrected chi connectivity index (χ4v) is 3.77. The van der Waals surface area contributed by atoms with Gasteiger partial charge in [-0.05, 0) is 32.7 Å². The average molecular weight is 237 g/mol. The molecule has 3 atom stereocenters. The Morgan fingerprint density at radius 3 is 3.25 bits per heavy atom. The number of nitrogens with one attached hydrogen (secondary N) is 1. The summed E-state index contributed by atoms with van der Waals surface area (Å²) in [6.45, 7) is 4.83. The molecule has 0 saturated carbocycles. The standard InChI is InChI=1S/C12H19N3S/c1-9(12-13-5-8-16-12)14-10-4-7-15-6-2-3-11(10)15/h5,8-11,14H,2-4,6-7H2,1H3. The van der Waals surface area contributed by atoms with E-state index in [2.05, 4.69) is 27.5 Å². The lowest BCUT2D eigenvalue weighted by Crippen LogP contribution is -2.40. The summed E-state index contributed by atoms with van der Waals surface area (Å²) in [7, 11) is 0. The van der Waals surface area contributed by atoms with Crippen LogP contribution in [0.3, 0.4) is 0 Å². The van der Waals surface area contributed by atoms with Crippen molar-refractivity contribution < 1.29 is 0 Å². The first kappa shape index (κ1) is 10.7. The first-order valence-corrected chi connectivity index (χ1v) is 7.12. The molecule has 0 aromatic carbocycles. The molecule has 2 aliphatic heterocycles. The summed E-state index contributed by atoms with van der Waals surface area (Å²) < 4.78 is 0. The van der Waals surface area contributed by atoms with E-state index < -0.39 is 0 Å². The zero-order chi connectivity index (χ0) is 11.0. The third-order valence-corrected chi connectivity index (χ3v) is 4.85. The van der Waals surface area contributed by atoms with Gasteiger partial charge < -0.3 is 5.32 Å². The molecule has 2 saturated heterocycles. The molecule has 3 unspecified atom stereocenters. The molecule has 2 aliphatic rings. The Balaban J connectivity index is 1.62. The van der Waals surface area contributed by atoms with Crippen molar-refractivity contribution in [1.29, 1.82) is 0 Å². The third kappa shape index (κ3) is 1.90. The summed E-state index contributed by atoms with van der Waals surface area (Å²) in [4.78, 5) is 7.03. The summed E-state index contributed by atoms with van der Waals surface area (Å²) in [5.41, 5.74) is 0. The number of rotatable bonds is 3. The number of aromatic nitrogens is 1. The molecule has 0 amide bonds. The van der Waals surface area contributed by atoms with Crippen LogP contribution in [0.1, 0.15) is 37.2 Å². The maximum Gasteiger partial charge on any atom is 0.109 e. The number of hydrogen-bond acceptors (Lipinski definition) is 4. The fraction of sp³-hybridized carbons (Fsp3) is 0.750. The van der Waals surface area contributed by atoms with E-state index >= 15 is 0 Å². The van der Waals surface area contributed by atoms with Gasteiger partial charge in [0.25, 0.3) is 0 Å². The van der Waals surface area contributed by atoms with Crippen LogP contribution in [0.4, 0.5) is 0 Å². The van der Waals surface area contributed by atoms with E-state index in [-0.39, 0.29) is 0 Å². The fourth-order valence-electron chi connectivity index (χ4n) is 3.12. The average Bonchev–Trinajstić information content (AvgIpc) is 2.94. The highest BCUT2D eigenvalue weighted by Gasteiger charge is 2.37. The van der Waals surface area contributed by atoms with Crippen LogP contribution in [0.25, 0.3) is 0 Å². The SMILES string of the molecule is CC(NC1CCN2CCCC12)c1nccs1. The van der Waals surface area contributed by atoms with Crippen LogP contribution in [-0.2, 0) is 0 Å². The minimum absolute atomic E-state index is 0.408. The van der Waals surface area contributed by atoms with Crippen LogP contribution in [0.2, 0.25) is 0 Å². The van der Waals surface area contributed by atoms with Crippen molar-refractivity contribution in [1.82, 2.24) is 15.2 Å². The largest absolute Gasteiger partial charge is 0.304 e. The normalized spacial score (nSPS) is 31.8. The lowest BCUT2D eigenvalue weighted by Gasteiger charge is -2.24. The van der Waals surface area contributed by atoms with Gasteiger partial charge >= 0.3 is 0 Å². The second kappa shape index (κ2) is 4.43. The molecule has 88 valence electrons. The molecule has 4 heteroatoms. The van der Waals surface area contributed by atoms with Gasteiger partial charge in [-0.25, -0.2) is 4.98 Å². The van der Waals surface area contributed by atoms with Gasteiger partial charge in [-0.1, -0.05) is 0 Å². The second-order valence-electron chi connectivity index (χ2n) is 4.90. The van der Waals surface area contributed by atoms with Crippen LogP contribution in [0, 0.1) is 0 Å².